The van der Waals surface area contributed by atoms with Gasteiger partial charge in [0.05, 0.1) is 18.7 Å². The average molecular weight is 313 g/mol. The van der Waals surface area contributed by atoms with Crippen LogP contribution < -0.4 is 15.2 Å². The van der Waals surface area contributed by atoms with E-state index in [9.17, 15) is 0 Å². The molecule has 5 nitrogen and oxygen atoms in total. The van der Waals surface area contributed by atoms with E-state index in [-0.39, 0.29) is 5.88 Å². The first-order chi connectivity index (χ1) is 8.58. The highest BCUT2D eigenvalue weighted by molar-refractivity contribution is 9.10. The van der Waals surface area contributed by atoms with Crippen molar-refractivity contribution in [3.8, 4) is 22.8 Å². The number of nitrogens with zero attached hydrogens (tertiary/aromatic N) is 1. The summed E-state index contributed by atoms with van der Waals surface area (Å²) in [6.45, 7) is 1.92. The first-order valence-electron chi connectivity index (χ1n) is 5.22. The fourth-order valence-corrected chi connectivity index (χ4v) is 2.39. The smallest absolute Gasteiger partial charge is 0.222 e. The molecule has 0 spiro atoms. The summed E-state index contributed by atoms with van der Waals surface area (Å²) in [5, 5.41) is 3.90. The van der Waals surface area contributed by atoms with E-state index < -0.39 is 0 Å². The summed E-state index contributed by atoms with van der Waals surface area (Å²) in [5.74, 6) is 1.58. The fraction of sp³-hybridized carbons (Fsp3) is 0.250. The van der Waals surface area contributed by atoms with Gasteiger partial charge in [0, 0.05) is 17.2 Å². The Balaban J connectivity index is 2.66. The Bertz CT molecular complexity index is 581. The van der Waals surface area contributed by atoms with Gasteiger partial charge in [-0.3, -0.25) is 0 Å². The second-order valence-corrected chi connectivity index (χ2v) is 4.57. The largest absolute Gasteiger partial charge is 0.493 e. The maximum atomic E-state index is 5.53. The van der Waals surface area contributed by atoms with Crippen LogP contribution in [0.1, 0.15) is 5.56 Å². The number of hydrogen-bond donors (Lipinski definition) is 1. The van der Waals surface area contributed by atoms with Gasteiger partial charge in [0.25, 0.3) is 0 Å². The third kappa shape index (κ3) is 2.03. The van der Waals surface area contributed by atoms with Crippen LogP contribution in [0.4, 0.5) is 5.88 Å². The summed E-state index contributed by atoms with van der Waals surface area (Å²) >= 11 is 3.44. The lowest BCUT2D eigenvalue weighted by Crippen LogP contribution is -1.96. The number of halogens is 1. The molecular weight excluding hydrogens is 300 g/mol. The van der Waals surface area contributed by atoms with E-state index in [1.807, 2.05) is 13.0 Å². The van der Waals surface area contributed by atoms with Crippen molar-refractivity contribution in [2.45, 2.75) is 6.92 Å². The Labute approximate surface area is 113 Å². The lowest BCUT2D eigenvalue weighted by molar-refractivity contribution is 0.351. The summed E-state index contributed by atoms with van der Waals surface area (Å²) in [6.07, 6.45) is 0. The first kappa shape index (κ1) is 12.8. The van der Waals surface area contributed by atoms with E-state index in [0.717, 1.165) is 15.6 Å². The quantitative estimate of drug-likeness (QED) is 0.943. The van der Waals surface area contributed by atoms with Crippen LogP contribution in [0.5, 0.6) is 11.5 Å². The molecule has 0 saturated heterocycles. The van der Waals surface area contributed by atoms with Gasteiger partial charge < -0.3 is 19.7 Å². The third-order valence-electron chi connectivity index (χ3n) is 2.65. The van der Waals surface area contributed by atoms with E-state index >= 15 is 0 Å². The molecule has 0 saturated carbocycles. The highest BCUT2D eigenvalue weighted by Crippen LogP contribution is 2.43. The molecule has 0 aliphatic carbocycles. The highest BCUT2D eigenvalue weighted by atomic mass is 79.9. The minimum absolute atomic E-state index is 0.273. The van der Waals surface area contributed by atoms with E-state index in [1.54, 1.807) is 20.3 Å². The lowest BCUT2D eigenvalue weighted by Gasteiger charge is -2.14. The van der Waals surface area contributed by atoms with Gasteiger partial charge in [0.2, 0.25) is 5.88 Å². The molecule has 0 bridgehead atoms. The molecule has 1 aromatic heterocycles. The minimum atomic E-state index is 0.273. The third-order valence-corrected chi connectivity index (χ3v) is 3.24. The van der Waals surface area contributed by atoms with Crippen molar-refractivity contribution in [3.63, 3.8) is 0 Å². The molecule has 1 heterocycles. The standard InChI is InChI=1S/C12H13BrN2O3/c1-6-7(9-5-10(14)18-15-9)4-8(13)12(17-3)11(6)16-2/h4-5H,14H2,1-3H3. The van der Waals surface area contributed by atoms with Gasteiger partial charge in [0.1, 0.15) is 5.69 Å². The molecule has 6 heteroatoms. The molecule has 0 fully saturated rings. The second-order valence-electron chi connectivity index (χ2n) is 3.71. The molecule has 0 aliphatic rings. The van der Waals surface area contributed by atoms with E-state index in [0.29, 0.717) is 17.2 Å². The predicted octanol–water partition coefficient (Wildman–Crippen LogP) is 3.01. The summed E-state index contributed by atoms with van der Waals surface area (Å²) < 4.78 is 16.3. The van der Waals surface area contributed by atoms with Gasteiger partial charge in [-0.2, -0.15) is 0 Å². The number of benzene rings is 1. The molecule has 0 aliphatic heterocycles. The van der Waals surface area contributed by atoms with Crippen LogP contribution in [-0.2, 0) is 0 Å². The normalized spacial score (nSPS) is 10.4. The molecule has 2 N–H and O–H groups in total. The molecule has 96 valence electrons. The molecule has 1 aromatic carbocycles. The van der Waals surface area contributed by atoms with Crippen molar-refractivity contribution in [3.05, 3.63) is 22.2 Å². The van der Waals surface area contributed by atoms with Crippen molar-refractivity contribution in [2.24, 2.45) is 0 Å². The van der Waals surface area contributed by atoms with Gasteiger partial charge in [-0.05, 0) is 28.9 Å². The summed E-state index contributed by atoms with van der Waals surface area (Å²) in [7, 11) is 3.19. The number of ether oxygens (including phenoxy) is 2. The molecule has 2 aromatic rings. The zero-order chi connectivity index (χ0) is 13.3. The van der Waals surface area contributed by atoms with Crippen LogP contribution in [0, 0.1) is 6.92 Å². The summed E-state index contributed by atoms with van der Waals surface area (Å²) in [4.78, 5) is 0. The molecule has 18 heavy (non-hydrogen) atoms. The van der Waals surface area contributed by atoms with Gasteiger partial charge in [-0.25, -0.2) is 0 Å². The number of anilines is 1. The monoisotopic (exact) mass is 312 g/mol. The number of rotatable bonds is 3. The SMILES string of the molecule is COc1c(Br)cc(-c2cc(N)on2)c(C)c1OC. The average Bonchev–Trinajstić information content (AvgIpc) is 2.77. The van der Waals surface area contributed by atoms with Gasteiger partial charge in [-0.15, -0.1) is 0 Å². The molecule has 0 radical (unpaired) electrons. The Kier molecular flexibility index (Phi) is 3.47. The van der Waals surface area contributed by atoms with Crippen LogP contribution in [0.3, 0.4) is 0 Å². The Morgan fingerprint density at radius 2 is 1.89 bits per heavy atom. The number of nitrogen functional groups attached to an aromatic ring is 1. The molecule has 0 amide bonds. The minimum Gasteiger partial charge on any atom is -0.493 e. The van der Waals surface area contributed by atoms with Gasteiger partial charge >= 0.3 is 0 Å². The lowest BCUT2D eigenvalue weighted by atomic mass is 10.0. The second kappa shape index (κ2) is 4.89. The van der Waals surface area contributed by atoms with Crippen LogP contribution in [0.25, 0.3) is 11.3 Å². The molecule has 0 atom stereocenters. The zero-order valence-corrected chi connectivity index (χ0v) is 11.9. The van der Waals surface area contributed by atoms with Crippen LogP contribution in [0.15, 0.2) is 21.1 Å². The molecular formula is C12H13BrN2O3. The Morgan fingerprint density at radius 1 is 1.22 bits per heavy atom. The maximum absolute atomic E-state index is 5.53. The Hall–Kier alpha value is -1.69. The number of nitrogens with two attached hydrogens (primary N) is 1. The zero-order valence-electron chi connectivity index (χ0n) is 10.3. The highest BCUT2D eigenvalue weighted by Gasteiger charge is 2.18. The van der Waals surface area contributed by atoms with E-state index in [1.165, 1.54) is 0 Å². The molecule has 2 rings (SSSR count). The van der Waals surface area contributed by atoms with Crippen molar-refractivity contribution < 1.29 is 14.0 Å². The van der Waals surface area contributed by atoms with Crippen molar-refractivity contribution >= 4 is 21.8 Å². The van der Waals surface area contributed by atoms with E-state index in [2.05, 4.69) is 21.1 Å². The van der Waals surface area contributed by atoms with Crippen molar-refractivity contribution in [1.82, 2.24) is 5.16 Å². The number of hydrogen-bond acceptors (Lipinski definition) is 5. The maximum Gasteiger partial charge on any atom is 0.222 e. The summed E-state index contributed by atoms with van der Waals surface area (Å²) in [6, 6.07) is 3.56. The summed E-state index contributed by atoms with van der Waals surface area (Å²) in [5.41, 5.74) is 7.98. The Morgan fingerprint density at radius 3 is 2.39 bits per heavy atom. The van der Waals surface area contributed by atoms with Crippen LogP contribution in [-0.4, -0.2) is 19.4 Å². The van der Waals surface area contributed by atoms with Crippen molar-refractivity contribution in [2.75, 3.05) is 20.0 Å². The predicted molar refractivity (Wildman–Crippen MR) is 71.9 cm³/mol. The number of aromatic nitrogens is 1. The van der Waals surface area contributed by atoms with Crippen LogP contribution in [0.2, 0.25) is 0 Å². The molecule has 0 unspecified atom stereocenters. The van der Waals surface area contributed by atoms with Crippen molar-refractivity contribution in [1.29, 1.82) is 0 Å². The van der Waals surface area contributed by atoms with Gasteiger partial charge in [-0.1, -0.05) is 5.16 Å². The first-order valence-corrected chi connectivity index (χ1v) is 6.01. The number of methoxy groups -OCH3 is 2. The van der Waals surface area contributed by atoms with E-state index in [4.69, 9.17) is 19.7 Å². The fourth-order valence-electron chi connectivity index (χ4n) is 1.82. The van der Waals surface area contributed by atoms with Gasteiger partial charge in [0.15, 0.2) is 11.5 Å². The van der Waals surface area contributed by atoms with Crippen LogP contribution >= 0.6 is 15.9 Å². The topological polar surface area (TPSA) is 70.5 Å².